The van der Waals surface area contributed by atoms with E-state index in [0.717, 1.165) is 4.88 Å². The average molecular weight is 308 g/mol. The molecule has 0 aliphatic rings. The third kappa shape index (κ3) is 3.25. The first kappa shape index (κ1) is 15.1. The largest absolute Gasteiger partial charge is 0.493 e. The molecule has 0 aliphatic carbocycles. The summed E-state index contributed by atoms with van der Waals surface area (Å²) in [7, 11) is 4.52. The van der Waals surface area contributed by atoms with E-state index in [1.54, 1.807) is 18.3 Å². The van der Waals surface area contributed by atoms with Crippen molar-refractivity contribution in [3.05, 3.63) is 28.8 Å². The molecular formula is C14H16N2O4S. The van der Waals surface area contributed by atoms with Crippen LogP contribution < -0.4 is 19.5 Å². The summed E-state index contributed by atoms with van der Waals surface area (Å²) in [5.41, 5.74) is 0.400. The second-order valence-electron chi connectivity index (χ2n) is 4.14. The van der Waals surface area contributed by atoms with Gasteiger partial charge in [-0.25, -0.2) is 4.98 Å². The Bertz CT molecular complexity index is 629. The van der Waals surface area contributed by atoms with Gasteiger partial charge in [-0.05, 0) is 19.1 Å². The van der Waals surface area contributed by atoms with E-state index >= 15 is 0 Å². The molecule has 1 heterocycles. The minimum absolute atomic E-state index is 0.288. The SMILES string of the molecule is COc1cc(C(=O)Nc2ncc(C)s2)cc(OC)c1OC. The summed E-state index contributed by atoms with van der Waals surface area (Å²) in [6.07, 6.45) is 1.70. The van der Waals surface area contributed by atoms with Gasteiger partial charge in [-0.3, -0.25) is 10.1 Å². The van der Waals surface area contributed by atoms with Crippen LogP contribution in [-0.4, -0.2) is 32.2 Å². The van der Waals surface area contributed by atoms with E-state index < -0.39 is 0 Å². The van der Waals surface area contributed by atoms with Gasteiger partial charge in [0.25, 0.3) is 5.91 Å². The number of hydrogen-bond donors (Lipinski definition) is 1. The zero-order valence-corrected chi connectivity index (χ0v) is 13.0. The van der Waals surface area contributed by atoms with Gasteiger partial charge in [0, 0.05) is 16.6 Å². The quantitative estimate of drug-likeness (QED) is 0.919. The minimum atomic E-state index is -0.288. The van der Waals surface area contributed by atoms with Crippen LogP contribution in [0.1, 0.15) is 15.2 Å². The number of nitrogens with one attached hydrogen (secondary N) is 1. The summed E-state index contributed by atoms with van der Waals surface area (Å²) in [5.74, 6) is 1.01. The van der Waals surface area contributed by atoms with Crippen molar-refractivity contribution in [3.8, 4) is 17.2 Å². The van der Waals surface area contributed by atoms with Gasteiger partial charge < -0.3 is 14.2 Å². The van der Waals surface area contributed by atoms with Crippen LogP contribution in [0.5, 0.6) is 17.2 Å². The minimum Gasteiger partial charge on any atom is -0.493 e. The van der Waals surface area contributed by atoms with Crippen LogP contribution in [0.15, 0.2) is 18.3 Å². The summed E-state index contributed by atoms with van der Waals surface area (Å²) >= 11 is 1.41. The Morgan fingerprint density at radius 3 is 2.19 bits per heavy atom. The van der Waals surface area contributed by atoms with Crippen molar-refractivity contribution in [1.29, 1.82) is 0 Å². The molecule has 0 bridgehead atoms. The third-order valence-electron chi connectivity index (χ3n) is 2.77. The molecule has 0 radical (unpaired) electrons. The number of anilines is 1. The van der Waals surface area contributed by atoms with Crippen molar-refractivity contribution in [2.75, 3.05) is 26.6 Å². The van der Waals surface area contributed by atoms with Crippen molar-refractivity contribution in [2.24, 2.45) is 0 Å². The Kier molecular flexibility index (Phi) is 4.64. The maximum absolute atomic E-state index is 12.3. The summed E-state index contributed by atoms with van der Waals surface area (Å²) in [5, 5.41) is 3.28. The summed E-state index contributed by atoms with van der Waals surface area (Å²) < 4.78 is 15.7. The molecule has 0 fully saturated rings. The highest BCUT2D eigenvalue weighted by atomic mass is 32.1. The molecule has 0 unspecified atom stereocenters. The molecule has 21 heavy (non-hydrogen) atoms. The van der Waals surface area contributed by atoms with Gasteiger partial charge in [0.15, 0.2) is 16.6 Å². The lowest BCUT2D eigenvalue weighted by molar-refractivity contribution is 0.102. The third-order valence-corrected chi connectivity index (χ3v) is 3.60. The highest BCUT2D eigenvalue weighted by Gasteiger charge is 2.17. The number of thiazole rings is 1. The first-order valence-electron chi connectivity index (χ1n) is 6.12. The number of benzene rings is 1. The van der Waals surface area contributed by atoms with Gasteiger partial charge in [0.2, 0.25) is 5.75 Å². The van der Waals surface area contributed by atoms with E-state index in [2.05, 4.69) is 10.3 Å². The Morgan fingerprint density at radius 1 is 1.14 bits per heavy atom. The van der Waals surface area contributed by atoms with Crippen LogP contribution in [-0.2, 0) is 0 Å². The fraction of sp³-hybridized carbons (Fsp3) is 0.286. The summed E-state index contributed by atoms with van der Waals surface area (Å²) in [4.78, 5) is 17.4. The zero-order chi connectivity index (χ0) is 15.4. The molecule has 6 nitrogen and oxygen atoms in total. The number of aromatic nitrogens is 1. The fourth-order valence-corrected chi connectivity index (χ4v) is 2.45. The van der Waals surface area contributed by atoms with E-state index in [0.29, 0.717) is 27.9 Å². The normalized spacial score (nSPS) is 10.1. The number of carbonyl (C=O) groups is 1. The van der Waals surface area contributed by atoms with Crippen molar-refractivity contribution in [3.63, 3.8) is 0 Å². The molecule has 112 valence electrons. The molecule has 1 aromatic heterocycles. The Hall–Kier alpha value is -2.28. The first-order chi connectivity index (χ1) is 10.1. The number of ether oxygens (including phenoxy) is 3. The Labute approximate surface area is 126 Å². The molecule has 0 atom stereocenters. The predicted molar refractivity (Wildman–Crippen MR) is 80.9 cm³/mol. The second kappa shape index (κ2) is 6.45. The molecule has 2 aromatic rings. The molecule has 0 saturated carbocycles. The highest BCUT2D eigenvalue weighted by Crippen LogP contribution is 2.38. The van der Waals surface area contributed by atoms with Gasteiger partial charge in [-0.1, -0.05) is 0 Å². The van der Waals surface area contributed by atoms with Gasteiger partial charge in [0.1, 0.15) is 0 Å². The van der Waals surface area contributed by atoms with Crippen LogP contribution in [0.25, 0.3) is 0 Å². The molecule has 0 saturated heterocycles. The van der Waals surface area contributed by atoms with Crippen LogP contribution in [0.2, 0.25) is 0 Å². The topological polar surface area (TPSA) is 69.7 Å². The van der Waals surface area contributed by atoms with Crippen LogP contribution in [0, 0.1) is 6.92 Å². The lowest BCUT2D eigenvalue weighted by atomic mass is 10.1. The molecular weight excluding hydrogens is 292 g/mol. The standard InChI is InChI=1S/C14H16N2O4S/c1-8-7-15-14(21-8)16-13(17)9-5-10(18-2)12(20-4)11(6-9)19-3/h5-7H,1-4H3,(H,15,16,17). The van der Waals surface area contributed by atoms with Crippen molar-refractivity contribution in [1.82, 2.24) is 4.98 Å². The fourth-order valence-electron chi connectivity index (χ4n) is 1.79. The van der Waals surface area contributed by atoms with E-state index in [-0.39, 0.29) is 5.91 Å². The average Bonchev–Trinajstić information content (AvgIpc) is 2.90. The van der Waals surface area contributed by atoms with Gasteiger partial charge in [-0.15, -0.1) is 11.3 Å². The maximum atomic E-state index is 12.3. The van der Waals surface area contributed by atoms with Gasteiger partial charge in [0.05, 0.1) is 21.3 Å². The number of methoxy groups -OCH3 is 3. The molecule has 7 heteroatoms. The Balaban J connectivity index is 2.32. The number of nitrogens with zero attached hydrogens (tertiary/aromatic N) is 1. The molecule has 2 rings (SSSR count). The van der Waals surface area contributed by atoms with Crippen LogP contribution in [0.4, 0.5) is 5.13 Å². The monoisotopic (exact) mass is 308 g/mol. The molecule has 1 N–H and O–H groups in total. The van der Waals surface area contributed by atoms with E-state index in [1.807, 2.05) is 6.92 Å². The van der Waals surface area contributed by atoms with Gasteiger partial charge >= 0.3 is 0 Å². The smallest absolute Gasteiger partial charge is 0.257 e. The molecule has 0 spiro atoms. The molecule has 0 aliphatic heterocycles. The number of hydrogen-bond acceptors (Lipinski definition) is 6. The zero-order valence-electron chi connectivity index (χ0n) is 12.2. The van der Waals surface area contributed by atoms with E-state index in [9.17, 15) is 4.79 Å². The van der Waals surface area contributed by atoms with Crippen molar-refractivity contribution >= 4 is 22.4 Å². The Morgan fingerprint density at radius 2 is 1.76 bits per heavy atom. The van der Waals surface area contributed by atoms with E-state index in [1.165, 1.54) is 32.7 Å². The first-order valence-corrected chi connectivity index (χ1v) is 6.94. The van der Waals surface area contributed by atoms with Gasteiger partial charge in [-0.2, -0.15) is 0 Å². The van der Waals surface area contributed by atoms with Crippen molar-refractivity contribution < 1.29 is 19.0 Å². The van der Waals surface area contributed by atoms with Crippen LogP contribution in [0.3, 0.4) is 0 Å². The van der Waals surface area contributed by atoms with E-state index in [4.69, 9.17) is 14.2 Å². The maximum Gasteiger partial charge on any atom is 0.257 e. The number of rotatable bonds is 5. The van der Waals surface area contributed by atoms with Crippen LogP contribution >= 0.6 is 11.3 Å². The lowest BCUT2D eigenvalue weighted by Crippen LogP contribution is -2.12. The number of amides is 1. The predicted octanol–water partition coefficient (Wildman–Crippen LogP) is 2.73. The highest BCUT2D eigenvalue weighted by molar-refractivity contribution is 7.15. The number of aryl methyl sites for hydroxylation is 1. The lowest BCUT2D eigenvalue weighted by Gasteiger charge is -2.13. The number of carbonyl (C=O) groups excluding carboxylic acids is 1. The molecule has 1 amide bonds. The summed E-state index contributed by atoms with van der Waals surface area (Å²) in [6, 6.07) is 3.19. The second-order valence-corrected chi connectivity index (χ2v) is 5.38. The summed E-state index contributed by atoms with van der Waals surface area (Å²) in [6.45, 7) is 1.92. The van der Waals surface area contributed by atoms with Crippen molar-refractivity contribution in [2.45, 2.75) is 6.92 Å². The molecule has 1 aromatic carbocycles.